The quantitative estimate of drug-likeness (QED) is 0.848. The van der Waals surface area contributed by atoms with Crippen LogP contribution in [0, 0.1) is 17.6 Å². The van der Waals surface area contributed by atoms with E-state index in [1.165, 1.54) is 18.2 Å². The molecule has 0 aliphatic carbocycles. The first-order valence-corrected chi connectivity index (χ1v) is 6.37. The van der Waals surface area contributed by atoms with Crippen LogP contribution in [-0.2, 0) is 6.42 Å². The standard InChI is InChI=1S/C14H20F2N2O/c1-9(2)8-17-14(19)18-10(3)7-11-12(15)5-4-6-13(11)16/h4-6,9-10H,7-8H2,1-3H3,(H2,17,18,19). The number of carbonyl (C=O) groups is 1. The number of halogens is 2. The largest absolute Gasteiger partial charge is 0.338 e. The Labute approximate surface area is 112 Å². The maximum absolute atomic E-state index is 13.4. The monoisotopic (exact) mass is 270 g/mol. The highest BCUT2D eigenvalue weighted by atomic mass is 19.1. The molecule has 0 aromatic heterocycles. The summed E-state index contributed by atoms with van der Waals surface area (Å²) in [6, 6.07) is 3.08. The van der Waals surface area contributed by atoms with Crippen LogP contribution in [0.1, 0.15) is 26.3 Å². The fraction of sp³-hybridized carbons (Fsp3) is 0.500. The molecule has 106 valence electrons. The van der Waals surface area contributed by atoms with Gasteiger partial charge in [0.25, 0.3) is 0 Å². The molecule has 1 aromatic carbocycles. The molecule has 1 rings (SSSR count). The molecule has 0 saturated carbocycles. The van der Waals surface area contributed by atoms with Crippen LogP contribution in [0.4, 0.5) is 13.6 Å². The second-order valence-corrected chi connectivity index (χ2v) is 5.05. The number of hydrogen-bond donors (Lipinski definition) is 2. The maximum Gasteiger partial charge on any atom is 0.315 e. The zero-order valence-electron chi connectivity index (χ0n) is 11.5. The van der Waals surface area contributed by atoms with E-state index in [0.717, 1.165) is 0 Å². The second kappa shape index (κ2) is 7.07. The number of nitrogens with one attached hydrogen (secondary N) is 2. The van der Waals surface area contributed by atoms with Crippen LogP contribution >= 0.6 is 0 Å². The lowest BCUT2D eigenvalue weighted by Crippen LogP contribution is -2.43. The normalized spacial score (nSPS) is 12.3. The zero-order valence-corrected chi connectivity index (χ0v) is 11.5. The molecule has 1 aromatic rings. The lowest BCUT2D eigenvalue weighted by molar-refractivity contribution is 0.236. The van der Waals surface area contributed by atoms with Crippen molar-refractivity contribution in [2.24, 2.45) is 5.92 Å². The third kappa shape index (κ3) is 5.24. The zero-order chi connectivity index (χ0) is 14.4. The first-order valence-electron chi connectivity index (χ1n) is 6.37. The third-order valence-corrected chi connectivity index (χ3v) is 2.62. The van der Waals surface area contributed by atoms with Crippen molar-refractivity contribution in [2.45, 2.75) is 33.2 Å². The molecule has 3 nitrogen and oxygen atoms in total. The molecular weight excluding hydrogens is 250 g/mol. The van der Waals surface area contributed by atoms with Gasteiger partial charge in [-0.1, -0.05) is 19.9 Å². The summed E-state index contributed by atoms with van der Waals surface area (Å²) >= 11 is 0. The van der Waals surface area contributed by atoms with Gasteiger partial charge in [-0.2, -0.15) is 0 Å². The van der Waals surface area contributed by atoms with Crippen molar-refractivity contribution in [3.8, 4) is 0 Å². The fourth-order valence-corrected chi connectivity index (χ4v) is 1.66. The molecule has 0 heterocycles. The molecule has 0 fully saturated rings. The van der Waals surface area contributed by atoms with Crippen LogP contribution < -0.4 is 10.6 Å². The lowest BCUT2D eigenvalue weighted by atomic mass is 10.1. The van der Waals surface area contributed by atoms with Gasteiger partial charge in [0.15, 0.2) is 0 Å². The lowest BCUT2D eigenvalue weighted by Gasteiger charge is -2.16. The van der Waals surface area contributed by atoms with Gasteiger partial charge in [-0.15, -0.1) is 0 Å². The van der Waals surface area contributed by atoms with Gasteiger partial charge in [0.05, 0.1) is 0 Å². The summed E-state index contributed by atoms with van der Waals surface area (Å²) in [6.45, 7) is 6.24. The molecule has 5 heteroatoms. The van der Waals surface area contributed by atoms with Crippen molar-refractivity contribution in [1.82, 2.24) is 10.6 Å². The first-order chi connectivity index (χ1) is 8.90. The van der Waals surface area contributed by atoms with Gasteiger partial charge in [-0.3, -0.25) is 0 Å². The average Bonchev–Trinajstić information content (AvgIpc) is 2.31. The van der Waals surface area contributed by atoms with Crippen molar-refractivity contribution < 1.29 is 13.6 Å². The van der Waals surface area contributed by atoms with Crippen LogP contribution in [0.5, 0.6) is 0 Å². The summed E-state index contributed by atoms with van der Waals surface area (Å²) in [4.78, 5) is 11.5. The molecule has 0 spiro atoms. The number of urea groups is 1. The Bertz CT molecular complexity index is 415. The van der Waals surface area contributed by atoms with E-state index in [2.05, 4.69) is 10.6 Å². The number of benzene rings is 1. The summed E-state index contributed by atoms with van der Waals surface area (Å²) in [5, 5.41) is 5.35. The van der Waals surface area contributed by atoms with Crippen LogP contribution in [0.2, 0.25) is 0 Å². The van der Waals surface area contributed by atoms with Gasteiger partial charge < -0.3 is 10.6 Å². The van der Waals surface area contributed by atoms with E-state index in [1.807, 2.05) is 13.8 Å². The SMILES string of the molecule is CC(C)CNC(=O)NC(C)Cc1c(F)cccc1F. The minimum Gasteiger partial charge on any atom is -0.338 e. The highest BCUT2D eigenvalue weighted by molar-refractivity contribution is 5.74. The number of hydrogen-bond acceptors (Lipinski definition) is 1. The van der Waals surface area contributed by atoms with Crippen LogP contribution in [-0.4, -0.2) is 18.6 Å². The van der Waals surface area contributed by atoms with Crippen molar-refractivity contribution >= 4 is 6.03 Å². The molecular formula is C14H20F2N2O. The predicted molar refractivity (Wildman–Crippen MR) is 70.9 cm³/mol. The summed E-state index contributed by atoms with van der Waals surface area (Å²) in [5.74, 6) is -0.822. The minimum atomic E-state index is -0.587. The van der Waals surface area contributed by atoms with E-state index < -0.39 is 11.6 Å². The predicted octanol–water partition coefficient (Wildman–Crippen LogP) is 2.85. The Morgan fingerprint density at radius 2 is 1.79 bits per heavy atom. The first kappa shape index (κ1) is 15.4. The van der Waals surface area contributed by atoms with Gasteiger partial charge >= 0.3 is 6.03 Å². The van der Waals surface area contributed by atoms with E-state index in [-0.39, 0.29) is 24.1 Å². The van der Waals surface area contributed by atoms with E-state index in [0.29, 0.717) is 12.5 Å². The van der Waals surface area contributed by atoms with Gasteiger partial charge in [0.2, 0.25) is 0 Å². The van der Waals surface area contributed by atoms with Gasteiger partial charge in [0, 0.05) is 18.2 Å². The molecule has 19 heavy (non-hydrogen) atoms. The topological polar surface area (TPSA) is 41.1 Å². The molecule has 1 unspecified atom stereocenters. The van der Waals surface area contributed by atoms with Gasteiger partial charge in [0.1, 0.15) is 11.6 Å². The van der Waals surface area contributed by atoms with Gasteiger partial charge in [-0.05, 0) is 31.4 Å². The molecule has 0 bridgehead atoms. The molecule has 0 aliphatic rings. The molecule has 2 amide bonds. The second-order valence-electron chi connectivity index (χ2n) is 5.05. The van der Waals surface area contributed by atoms with E-state index in [1.54, 1.807) is 6.92 Å². The smallest absolute Gasteiger partial charge is 0.315 e. The summed E-state index contributed by atoms with van der Waals surface area (Å²) in [7, 11) is 0. The molecule has 1 atom stereocenters. The van der Waals surface area contributed by atoms with Crippen molar-refractivity contribution in [3.63, 3.8) is 0 Å². The van der Waals surface area contributed by atoms with Crippen molar-refractivity contribution in [2.75, 3.05) is 6.54 Å². The van der Waals surface area contributed by atoms with Crippen molar-refractivity contribution in [3.05, 3.63) is 35.4 Å². The van der Waals surface area contributed by atoms with Crippen LogP contribution in [0.3, 0.4) is 0 Å². The highest BCUT2D eigenvalue weighted by Crippen LogP contribution is 2.14. The summed E-state index contributed by atoms with van der Waals surface area (Å²) in [6.07, 6.45) is 0.119. The van der Waals surface area contributed by atoms with E-state index in [9.17, 15) is 13.6 Å². The van der Waals surface area contributed by atoms with Crippen LogP contribution in [0.25, 0.3) is 0 Å². The fourth-order valence-electron chi connectivity index (χ4n) is 1.66. The molecule has 0 saturated heterocycles. The van der Waals surface area contributed by atoms with Gasteiger partial charge in [-0.25, -0.2) is 13.6 Å². The Kier molecular flexibility index (Phi) is 5.73. The maximum atomic E-state index is 13.4. The number of rotatable bonds is 5. The molecule has 2 N–H and O–H groups in total. The number of carbonyl (C=O) groups excluding carboxylic acids is 1. The summed E-state index contributed by atoms with van der Waals surface area (Å²) in [5.41, 5.74) is -0.000778. The summed E-state index contributed by atoms with van der Waals surface area (Å²) < 4.78 is 26.9. The molecule has 0 aliphatic heterocycles. The Morgan fingerprint density at radius 3 is 2.32 bits per heavy atom. The minimum absolute atomic E-state index is 0.000778. The van der Waals surface area contributed by atoms with E-state index in [4.69, 9.17) is 0 Å². The Morgan fingerprint density at radius 1 is 1.21 bits per heavy atom. The Hall–Kier alpha value is -1.65. The average molecular weight is 270 g/mol. The van der Waals surface area contributed by atoms with Crippen molar-refractivity contribution in [1.29, 1.82) is 0 Å². The molecule has 0 radical (unpaired) electrons. The Balaban J connectivity index is 2.51. The van der Waals surface area contributed by atoms with E-state index >= 15 is 0 Å². The highest BCUT2D eigenvalue weighted by Gasteiger charge is 2.14. The third-order valence-electron chi connectivity index (χ3n) is 2.62. The van der Waals surface area contributed by atoms with Crippen LogP contribution in [0.15, 0.2) is 18.2 Å². The number of amides is 2.